The molecule has 0 heterocycles. The van der Waals surface area contributed by atoms with Gasteiger partial charge in [-0.25, -0.2) is 0 Å². The summed E-state index contributed by atoms with van der Waals surface area (Å²) in [4.78, 5) is -0.184. The molecule has 0 aromatic rings. The van der Waals surface area contributed by atoms with Crippen molar-refractivity contribution in [1.29, 1.82) is 0 Å². The van der Waals surface area contributed by atoms with E-state index in [4.69, 9.17) is 23.2 Å². The summed E-state index contributed by atoms with van der Waals surface area (Å²) in [5.41, 5.74) is 5.34. The molecule has 0 spiro atoms. The van der Waals surface area contributed by atoms with Crippen molar-refractivity contribution < 1.29 is 0 Å². The SMILES string of the molecule is CC(=C=CCl)CC(C)(C)Cl. The molecule has 0 aromatic carbocycles. The predicted molar refractivity (Wildman–Crippen MR) is 47.7 cm³/mol. The molecule has 0 aliphatic rings. The lowest BCUT2D eigenvalue weighted by Crippen LogP contribution is -2.09. The molecule has 0 aromatic heterocycles. The van der Waals surface area contributed by atoms with E-state index >= 15 is 0 Å². The molecule has 0 saturated carbocycles. The Morgan fingerprint density at radius 2 is 2.10 bits per heavy atom. The van der Waals surface area contributed by atoms with Crippen molar-refractivity contribution in [3.05, 3.63) is 16.8 Å². The normalized spacial score (nSPS) is 10.5. The average Bonchev–Trinajstić information content (AvgIpc) is 1.59. The molecule has 0 N–H and O–H groups in total. The zero-order valence-corrected chi connectivity index (χ0v) is 8.05. The molecule has 0 rings (SSSR count). The Balaban J connectivity index is 4.05. The largest absolute Gasteiger partial charge is 0.120 e. The number of allylic oxidation sites excluding steroid dienone is 1. The molecule has 0 unspecified atom stereocenters. The summed E-state index contributed by atoms with van der Waals surface area (Å²) in [6.07, 6.45) is 0.817. The van der Waals surface area contributed by atoms with Crippen molar-refractivity contribution in [2.45, 2.75) is 32.1 Å². The summed E-state index contributed by atoms with van der Waals surface area (Å²) in [5, 5.41) is 0. The number of alkyl halides is 1. The van der Waals surface area contributed by atoms with E-state index in [1.165, 1.54) is 5.54 Å². The van der Waals surface area contributed by atoms with E-state index in [-0.39, 0.29) is 4.87 Å². The molecule has 0 aliphatic carbocycles. The fraction of sp³-hybridized carbons (Fsp3) is 0.625. The third-order valence-corrected chi connectivity index (χ3v) is 1.23. The van der Waals surface area contributed by atoms with Gasteiger partial charge in [0.1, 0.15) is 0 Å². The topological polar surface area (TPSA) is 0 Å². The van der Waals surface area contributed by atoms with E-state index in [1.807, 2.05) is 20.8 Å². The maximum atomic E-state index is 5.95. The number of rotatable bonds is 2. The highest BCUT2D eigenvalue weighted by molar-refractivity contribution is 6.25. The first-order valence-corrected chi connectivity index (χ1v) is 3.97. The van der Waals surface area contributed by atoms with Gasteiger partial charge in [-0.15, -0.1) is 17.3 Å². The smallest absolute Gasteiger partial charge is 0.0462 e. The highest BCUT2D eigenvalue weighted by Gasteiger charge is 2.12. The van der Waals surface area contributed by atoms with Crippen LogP contribution in [0.1, 0.15) is 27.2 Å². The van der Waals surface area contributed by atoms with Gasteiger partial charge in [0.05, 0.1) is 0 Å². The summed E-state index contributed by atoms with van der Waals surface area (Å²) in [5.74, 6) is 0. The lowest BCUT2D eigenvalue weighted by Gasteiger charge is -2.13. The molecule has 0 nitrogen and oxygen atoms in total. The van der Waals surface area contributed by atoms with E-state index in [9.17, 15) is 0 Å². The Bertz CT molecular complexity index is 157. The molecule has 2 heteroatoms. The monoisotopic (exact) mass is 178 g/mol. The third kappa shape index (κ3) is 6.22. The molecular weight excluding hydrogens is 167 g/mol. The number of hydrogen-bond donors (Lipinski definition) is 0. The zero-order valence-electron chi connectivity index (χ0n) is 6.54. The molecule has 10 heavy (non-hydrogen) atoms. The van der Waals surface area contributed by atoms with E-state index in [0.717, 1.165) is 12.0 Å². The van der Waals surface area contributed by atoms with Gasteiger partial charge in [-0.1, -0.05) is 11.6 Å². The standard InChI is InChI=1S/C8H12Cl2/c1-7(4-5-9)6-8(2,3)10/h5H,6H2,1-3H3. The second-order valence-corrected chi connectivity index (χ2v) is 4.17. The second kappa shape index (κ2) is 4.08. The first-order chi connectivity index (χ1) is 4.45. The second-order valence-electron chi connectivity index (χ2n) is 2.93. The average molecular weight is 179 g/mol. The molecule has 0 bridgehead atoms. The van der Waals surface area contributed by atoms with Gasteiger partial charge in [0.2, 0.25) is 0 Å². The van der Waals surface area contributed by atoms with Crippen LogP contribution in [0.25, 0.3) is 0 Å². The Kier molecular flexibility index (Phi) is 4.12. The first-order valence-electron chi connectivity index (χ1n) is 3.15. The number of halogens is 2. The molecule has 0 fully saturated rings. The van der Waals surface area contributed by atoms with Gasteiger partial charge in [0.25, 0.3) is 0 Å². The minimum Gasteiger partial charge on any atom is -0.120 e. The van der Waals surface area contributed by atoms with Crippen molar-refractivity contribution in [2.75, 3.05) is 0 Å². The molecule has 0 radical (unpaired) electrons. The van der Waals surface area contributed by atoms with Crippen LogP contribution in [0.15, 0.2) is 16.8 Å². The third-order valence-electron chi connectivity index (χ3n) is 0.986. The van der Waals surface area contributed by atoms with Gasteiger partial charge in [0.15, 0.2) is 0 Å². The summed E-state index contributed by atoms with van der Waals surface area (Å²) < 4.78 is 0. The Morgan fingerprint density at radius 3 is 2.40 bits per heavy atom. The Labute approximate surface area is 72.5 Å². The van der Waals surface area contributed by atoms with Crippen LogP contribution in [0.2, 0.25) is 0 Å². The lowest BCUT2D eigenvalue weighted by molar-refractivity contribution is 0.689. The summed E-state index contributed by atoms with van der Waals surface area (Å²) in [7, 11) is 0. The fourth-order valence-electron chi connectivity index (χ4n) is 0.775. The molecule has 0 amide bonds. The Morgan fingerprint density at radius 1 is 1.60 bits per heavy atom. The lowest BCUT2D eigenvalue weighted by atomic mass is 10.0. The summed E-state index contributed by atoms with van der Waals surface area (Å²) >= 11 is 11.3. The summed E-state index contributed by atoms with van der Waals surface area (Å²) in [6, 6.07) is 0. The van der Waals surface area contributed by atoms with Crippen molar-refractivity contribution in [1.82, 2.24) is 0 Å². The van der Waals surface area contributed by atoms with Gasteiger partial charge in [-0.2, -0.15) is 0 Å². The van der Waals surface area contributed by atoms with Crippen LogP contribution < -0.4 is 0 Å². The van der Waals surface area contributed by atoms with Crippen LogP contribution in [0.3, 0.4) is 0 Å². The quantitative estimate of drug-likeness (QED) is 0.448. The van der Waals surface area contributed by atoms with Crippen molar-refractivity contribution in [2.24, 2.45) is 0 Å². The van der Waals surface area contributed by atoms with Crippen LogP contribution in [-0.2, 0) is 0 Å². The number of hydrogen-bond acceptors (Lipinski definition) is 0. The fourth-order valence-corrected chi connectivity index (χ4v) is 1.16. The minimum atomic E-state index is -0.184. The predicted octanol–water partition coefficient (Wildman–Crippen LogP) is 3.69. The maximum absolute atomic E-state index is 5.95. The minimum absolute atomic E-state index is 0.184. The highest BCUT2D eigenvalue weighted by atomic mass is 35.5. The van der Waals surface area contributed by atoms with E-state index in [0.29, 0.717) is 0 Å². The van der Waals surface area contributed by atoms with Crippen molar-refractivity contribution in [3.63, 3.8) is 0 Å². The zero-order chi connectivity index (χ0) is 8.20. The van der Waals surface area contributed by atoms with Crippen LogP contribution in [0.5, 0.6) is 0 Å². The first kappa shape index (κ1) is 10.1. The van der Waals surface area contributed by atoms with Crippen molar-refractivity contribution in [3.8, 4) is 0 Å². The van der Waals surface area contributed by atoms with Gasteiger partial charge < -0.3 is 0 Å². The summed E-state index contributed by atoms with van der Waals surface area (Å²) in [6.45, 7) is 5.89. The molecule has 0 atom stereocenters. The van der Waals surface area contributed by atoms with E-state index in [2.05, 4.69) is 5.73 Å². The van der Waals surface area contributed by atoms with E-state index < -0.39 is 0 Å². The molecule has 0 saturated heterocycles. The molecule has 58 valence electrons. The molecule has 0 aliphatic heterocycles. The van der Waals surface area contributed by atoms with Gasteiger partial charge in [0, 0.05) is 10.4 Å². The van der Waals surface area contributed by atoms with E-state index in [1.54, 1.807) is 0 Å². The van der Waals surface area contributed by atoms with Gasteiger partial charge >= 0.3 is 0 Å². The van der Waals surface area contributed by atoms with Crippen LogP contribution >= 0.6 is 23.2 Å². The van der Waals surface area contributed by atoms with Crippen LogP contribution in [0, 0.1) is 0 Å². The highest BCUT2D eigenvalue weighted by Crippen LogP contribution is 2.21. The van der Waals surface area contributed by atoms with Gasteiger partial charge in [-0.3, -0.25) is 0 Å². The molecular formula is C8H12Cl2. The van der Waals surface area contributed by atoms with Crippen LogP contribution in [0.4, 0.5) is 0 Å². The maximum Gasteiger partial charge on any atom is 0.0462 e. The van der Waals surface area contributed by atoms with Gasteiger partial charge in [-0.05, 0) is 32.8 Å². The van der Waals surface area contributed by atoms with Crippen molar-refractivity contribution >= 4 is 23.2 Å². The Hall–Kier alpha value is 0.100. The van der Waals surface area contributed by atoms with Crippen LogP contribution in [-0.4, -0.2) is 4.87 Å².